The lowest BCUT2D eigenvalue weighted by molar-refractivity contribution is -0.132. The van der Waals surface area contributed by atoms with Crippen LogP contribution in [0.4, 0.5) is 5.69 Å². The van der Waals surface area contributed by atoms with Crippen molar-refractivity contribution in [3.63, 3.8) is 0 Å². The van der Waals surface area contributed by atoms with E-state index in [0.717, 1.165) is 31.7 Å². The fourth-order valence-corrected chi connectivity index (χ4v) is 3.77. The van der Waals surface area contributed by atoms with Crippen molar-refractivity contribution in [2.45, 2.75) is 13.5 Å². The smallest absolute Gasteiger partial charge is 0.236 e. The van der Waals surface area contributed by atoms with Crippen molar-refractivity contribution in [3.8, 4) is 0 Å². The number of anilines is 1. The molecule has 0 unspecified atom stereocenters. The van der Waals surface area contributed by atoms with Crippen LogP contribution in [0.1, 0.15) is 11.1 Å². The van der Waals surface area contributed by atoms with E-state index >= 15 is 0 Å². The van der Waals surface area contributed by atoms with Crippen LogP contribution in [0, 0.1) is 6.92 Å². The van der Waals surface area contributed by atoms with Crippen molar-refractivity contribution in [1.82, 2.24) is 9.80 Å². The Morgan fingerprint density at radius 1 is 1.07 bits per heavy atom. The number of carbonyl (C=O) groups is 1. The van der Waals surface area contributed by atoms with E-state index < -0.39 is 0 Å². The molecule has 27 heavy (non-hydrogen) atoms. The summed E-state index contributed by atoms with van der Waals surface area (Å²) in [5.74, 6) is 0.152. The topological polar surface area (TPSA) is 26.8 Å². The Bertz CT molecular complexity index is 804. The molecule has 1 saturated heterocycles. The van der Waals surface area contributed by atoms with E-state index in [9.17, 15) is 4.79 Å². The molecule has 6 heteroatoms. The molecule has 3 rings (SSSR count). The molecule has 144 valence electrons. The summed E-state index contributed by atoms with van der Waals surface area (Å²) < 4.78 is 0. The monoisotopic (exact) mass is 405 g/mol. The quantitative estimate of drug-likeness (QED) is 0.749. The second kappa shape index (κ2) is 8.96. The van der Waals surface area contributed by atoms with Gasteiger partial charge in [-0.05, 0) is 43.3 Å². The van der Waals surface area contributed by atoms with E-state index in [-0.39, 0.29) is 5.91 Å². The van der Waals surface area contributed by atoms with Crippen molar-refractivity contribution in [3.05, 3.63) is 63.6 Å². The van der Waals surface area contributed by atoms with E-state index in [0.29, 0.717) is 23.1 Å². The number of carbonyl (C=O) groups excluding carboxylic acids is 1. The largest absolute Gasteiger partial charge is 0.368 e. The van der Waals surface area contributed by atoms with Gasteiger partial charge in [0.25, 0.3) is 0 Å². The van der Waals surface area contributed by atoms with Gasteiger partial charge in [0.1, 0.15) is 0 Å². The standard InChI is InChI=1S/C21H25Cl2N3O/c1-16-5-3-7-18(13-16)25-9-11-26(12-10-25)20(27)15-24(2)14-17-6-4-8-19(22)21(17)23/h3-8,13H,9-12,14-15H2,1-2H3. The number of likely N-dealkylation sites (N-methyl/N-ethyl adjacent to an activating group) is 1. The van der Waals surface area contributed by atoms with Crippen LogP contribution >= 0.6 is 23.2 Å². The molecule has 1 heterocycles. The van der Waals surface area contributed by atoms with Gasteiger partial charge in [0, 0.05) is 38.4 Å². The SMILES string of the molecule is Cc1cccc(N2CCN(C(=O)CN(C)Cc3cccc(Cl)c3Cl)CC2)c1. The number of piperazine rings is 1. The van der Waals surface area contributed by atoms with Crippen LogP contribution in [0.25, 0.3) is 0 Å². The minimum absolute atomic E-state index is 0.152. The Morgan fingerprint density at radius 2 is 1.78 bits per heavy atom. The molecule has 1 fully saturated rings. The normalized spacial score (nSPS) is 14.7. The molecular formula is C21H25Cl2N3O. The second-order valence-corrected chi connectivity index (χ2v) is 7.88. The minimum atomic E-state index is 0.152. The maximum absolute atomic E-state index is 12.7. The highest BCUT2D eigenvalue weighted by Gasteiger charge is 2.22. The van der Waals surface area contributed by atoms with Gasteiger partial charge in [0.05, 0.1) is 16.6 Å². The summed E-state index contributed by atoms with van der Waals surface area (Å²) in [5, 5.41) is 1.10. The van der Waals surface area contributed by atoms with Crippen LogP contribution in [0.15, 0.2) is 42.5 Å². The molecule has 0 atom stereocenters. The summed E-state index contributed by atoms with van der Waals surface area (Å²) in [6, 6.07) is 14.1. The Morgan fingerprint density at radius 3 is 2.48 bits per heavy atom. The van der Waals surface area contributed by atoms with E-state index in [2.05, 4.69) is 36.1 Å². The summed E-state index contributed by atoms with van der Waals surface area (Å²) >= 11 is 12.3. The molecule has 0 aliphatic carbocycles. The van der Waals surface area contributed by atoms with Gasteiger partial charge < -0.3 is 9.80 Å². The van der Waals surface area contributed by atoms with Crippen LogP contribution in [-0.4, -0.2) is 55.5 Å². The Hall–Kier alpha value is -1.75. The predicted molar refractivity (Wildman–Crippen MR) is 113 cm³/mol. The fraction of sp³-hybridized carbons (Fsp3) is 0.381. The summed E-state index contributed by atoms with van der Waals surface area (Å²) in [5.41, 5.74) is 3.42. The van der Waals surface area contributed by atoms with Crippen molar-refractivity contribution in [2.24, 2.45) is 0 Å². The zero-order valence-corrected chi connectivity index (χ0v) is 17.3. The highest BCUT2D eigenvalue weighted by Crippen LogP contribution is 2.26. The van der Waals surface area contributed by atoms with Gasteiger partial charge in [-0.1, -0.05) is 47.5 Å². The molecule has 2 aromatic carbocycles. The Kier molecular flexibility index (Phi) is 6.64. The highest BCUT2D eigenvalue weighted by molar-refractivity contribution is 6.42. The number of benzene rings is 2. The molecule has 0 N–H and O–H groups in total. The van der Waals surface area contributed by atoms with Crippen LogP contribution in [0.5, 0.6) is 0 Å². The van der Waals surface area contributed by atoms with Crippen LogP contribution < -0.4 is 4.90 Å². The van der Waals surface area contributed by atoms with Crippen LogP contribution in [-0.2, 0) is 11.3 Å². The van der Waals surface area contributed by atoms with E-state index in [1.54, 1.807) is 6.07 Å². The number of hydrogen-bond donors (Lipinski definition) is 0. The van der Waals surface area contributed by atoms with E-state index in [1.165, 1.54) is 11.3 Å². The third kappa shape index (κ3) is 5.16. The molecule has 1 aliphatic heterocycles. The lowest BCUT2D eigenvalue weighted by atomic mass is 10.2. The molecule has 2 aromatic rings. The molecular weight excluding hydrogens is 381 g/mol. The Labute approximate surface area is 171 Å². The third-order valence-corrected chi connectivity index (χ3v) is 5.73. The summed E-state index contributed by atoms with van der Waals surface area (Å²) in [6.45, 7) is 6.28. The second-order valence-electron chi connectivity index (χ2n) is 7.09. The lowest BCUT2D eigenvalue weighted by Gasteiger charge is -2.37. The van der Waals surface area contributed by atoms with Crippen molar-refractivity contribution in [1.29, 1.82) is 0 Å². The number of halogens is 2. The number of rotatable bonds is 5. The first-order chi connectivity index (χ1) is 12.9. The predicted octanol–water partition coefficient (Wildman–Crippen LogP) is 4.08. The average Bonchev–Trinajstić information content (AvgIpc) is 2.65. The Balaban J connectivity index is 1.51. The molecule has 0 saturated carbocycles. The number of nitrogens with zero attached hydrogens (tertiary/aromatic N) is 3. The van der Waals surface area contributed by atoms with Gasteiger partial charge in [0.2, 0.25) is 5.91 Å². The number of hydrogen-bond acceptors (Lipinski definition) is 3. The first-order valence-electron chi connectivity index (χ1n) is 9.15. The lowest BCUT2D eigenvalue weighted by Crippen LogP contribution is -2.51. The van der Waals surface area contributed by atoms with Crippen molar-refractivity contribution >= 4 is 34.8 Å². The van der Waals surface area contributed by atoms with Gasteiger partial charge in [0.15, 0.2) is 0 Å². The zero-order valence-electron chi connectivity index (χ0n) is 15.8. The third-order valence-electron chi connectivity index (χ3n) is 4.88. The van der Waals surface area contributed by atoms with Gasteiger partial charge >= 0.3 is 0 Å². The molecule has 4 nitrogen and oxygen atoms in total. The number of aryl methyl sites for hydroxylation is 1. The molecule has 1 amide bonds. The van der Waals surface area contributed by atoms with Crippen LogP contribution in [0.2, 0.25) is 10.0 Å². The highest BCUT2D eigenvalue weighted by atomic mass is 35.5. The van der Waals surface area contributed by atoms with Crippen molar-refractivity contribution < 1.29 is 4.79 Å². The molecule has 0 spiro atoms. The van der Waals surface area contributed by atoms with E-state index in [4.69, 9.17) is 23.2 Å². The first-order valence-corrected chi connectivity index (χ1v) is 9.90. The summed E-state index contributed by atoms with van der Waals surface area (Å²) in [7, 11) is 1.93. The van der Waals surface area contributed by atoms with Gasteiger partial charge in [-0.15, -0.1) is 0 Å². The molecule has 0 radical (unpaired) electrons. The molecule has 1 aliphatic rings. The van der Waals surface area contributed by atoms with E-state index in [1.807, 2.05) is 29.0 Å². The maximum atomic E-state index is 12.7. The summed E-state index contributed by atoms with van der Waals surface area (Å²) in [6.07, 6.45) is 0. The van der Waals surface area contributed by atoms with Gasteiger partial charge in [-0.3, -0.25) is 9.69 Å². The van der Waals surface area contributed by atoms with Crippen molar-refractivity contribution in [2.75, 3.05) is 44.7 Å². The fourth-order valence-electron chi connectivity index (χ4n) is 3.39. The van der Waals surface area contributed by atoms with Gasteiger partial charge in [-0.2, -0.15) is 0 Å². The zero-order chi connectivity index (χ0) is 19.4. The number of amides is 1. The van der Waals surface area contributed by atoms with Gasteiger partial charge in [-0.25, -0.2) is 0 Å². The molecule has 0 aromatic heterocycles. The average molecular weight is 406 g/mol. The molecule has 0 bridgehead atoms. The van der Waals surface area contributed by atoms with Crippen LogP contribution in [0.3, 0.4) is 0 Å². The maximum Gasteiger partial charge on any atom is 0.236 e. The first kappa shape index (κ1) is 20.0. The summed E-state index contributed by atoms with van der Waals surface area (Å²) in [4.78, 5) is 18.9. The minimum Gasteiger partial charge on any atom is -0.368 e.